The van der Waals surface area contributed by atoms with Crippen LogP contribution in [0.15, 0.2) is 23.1 Å². The van der Waals surface area contributed by atoms with E-state index in [1.165, 1.54) is 32.1 Å². The Balaban J connectivity index is 1.31. The standard InChI is InChI=1S/C19H30N4O/c1-22-17-4-2-5-18(22)13-15(12-17)21-14-7-9-16(10-8-14)23-19(24)6-3-11-20-23/h3,6,11,14-18,21H,2,4-5,7-10,12-13H2,1H3. The van der Waals surface area contributed by atoms with Gasteiger partial charge in [0.2, 0.25) is 0 Å². The topological polar surface area (TPSA) is 50.2 Å². The van der Waals surface area contributed by atoms with Crippen molar-refractivity contribution in [3.8, 4) is 0 Å². The molecule has 1 aliphatic carbocycles. The van der Waals surface area contributed by atoms with Gasteiger partial charge in [-0.15, -0.1) is 0 Å². The molecule has 0 amide bonds. The van der Waals surface area contributed by atoms with Crippen LogP contribution in [0.5, 0.6) is 0 Å². The van der Waals surface area contributed by atoms with Gasteiger partial charge in [0.05, 0.1) is 6.04 Å². The maximum absolute atomic E-state index is 11.9. The summed E-state index contributed by atoms with van der Waals surface area (Å²) in [6.07, 6.45) is 13.0. The van der Waals surface area contributed by atoms with Crippen molar-refractivity contribution in [1.82, 2.24) is 20.0 Å². The Hall–Kier alpha value is -1.20. The number of rotatable bonds is 3. The van der Waals surface area contributed by atoms with Gasteiger partial charge in [-0.1, -0.05) is 6.42 Å². The number of hydrogen-bond donors (Lipinski definition) is 1. The van der Waals surface area contributed by atoms with E-state index in [1.54, 1.807) is 23.0 Å². The molecule has 1 saturated carbocycles. The number of piperidine rings is 2. The number of nitrogens with one attached hydrogen (secondary N) is 1. The van der Waals surface area contributed by atoms with Gasteiger partial charge < -0.3 is 10.2 Å². The highest BCUT2D eigenvalue weighted by Crippen LogP contribution is 2.34. The Morgan fingerprint density at radius 3 is 2.38 bits per heavy atom. The average Bonchev–Trinajstić information content (AvgIpc) is 2.57. The molecular formula is C19H30N4O. The highest BCUT2D eigenvalue weighted by molar-refractivity contribution is 4.95. The van der Waals surface area contributed by atoms with Gasteiger partial charge in [-0.05, 0) is 64.5 Å². The van der Waals surface area contributed by atoms with E-state index in [1.807, 2.05) is 0 Å². The fourth-order valence-electron chi connectivity index (χ4n) is 5.22. The maximum Gasteiger partial charge on any atom is 0.266 e. The third-order valence-electron chi connectivity index (χ3n) is 6.60. The lowest BCUT2D eigenvalue weighted by molar-refractivity contribution is 0.0437. The second-order valence-corrected chi connectivity index (χ2v) is 8.05. The monoisotopic (exact) mass is 330 g/mol. The minimum Gasteiger partial charge on any atom is -0.311 e. The zero-order chi connectivity index (χ0) is 16.5. The molecule has 0 radical (unpaired) electrons. The number of nitrogens with zero attached hydrogens (tertiary/aromatic N) is 3. The van der Waals surface area contributed by atoms with Crippen molar-refractivity contribution >= 4 is 0 Å². The minimum atomic E-state index is 0.0389. The predicted octanol–water partition coefficient (Wildman–Crippen LogP) is 2.33. The summed E-state index contributed by atoms with van der Waals surface area (Å²) < 4.78 is 1.69. The van der Waals surface area contributed by atoms with Crippen LogP contribution in [0.1, 0.15) is 63.8 Å². The normalized spacial score (nSPS) is 37.3. The minimum absolute atomic E-state index is 0.0389. The molecule has 132 valence electrons. The number of fused-ring (bicyclic) bond motifs is 2. The van der Waals surface area contributed by atoms with Crippen molar-refractivity contribution in [2.24, 2.45) is 0 Å². The summed E-state index contributed by atoms with van der Waals surface area (Å²) in [5, 5.41) is 8.23. The molecule has 2 unspecified atom stereocenters. The predicted molar refractivity (Wildman–Crippen MR) is 95.1 cm³/mol. The van der Waals surface area contributed by atoms with Gasteiger partial charge in [-0.3, -0.25) is 4.79 Å². The van der Waals surface area contributed by atoms with Crippen LogP contribution in [-0.2, 0) is 0 Å². The molecule has 1 N–H and O–H groups in total. The first-order valence-electron chi connectivity index (χ1n) is 9.72. The van der Waals surface area contributed by atoms with Crippen molar-refractivity contribution in [3.63, 3.8) is 0 Å². The van der Waals surface area contributed by atoms with E-state index >= 15 is 0 Å². The van der Waals surface area contributed by atoms with Crippen molar-refractivity contribution in [1.29, 1.82) is 0 Å². The molecule has 24 heavy (non-hydrogen) atoms. The first-order chi connectivity index (χ1) is 11.7. The summed E-state index contributed by atoms with van der Waals surface area (Å²) in [5.74, 6) is 0. The molecule has 4 rings (SSSR count). The van der Waals surface area contributed by atoms with Crippen molar-refractivity contribution in [2.75, 3.05) is 7.05 Å². The van der Waals surface area contributed by atoms with E-state index in [0.29, 0.717) is 12.1 Å². The number of hydrogen-bond acceptors (Lipinski definition) is 4. The quantitative estimate of drug-likeness (QED) is 0.924. The van der Waals surface area contributed by atoms with E-state index in [4.69, 9.17) is 0 Å². The highest BCUT2D eigenvalue weighted by Gasteiger charge is 2.37. The molecule has 3 aliphatic rings. The SMILES string of the molecule is CN1C2CCCC1CC(NC1CCC(n3ncccc3=O)CC1)C2. The summed E-state index contributed by atoms with van der Waals surface area (Å²) in [6, 6.07) is 6.52. The smallest absolute Gasteiger partial charge is 0.266 e. The van der Waals surface area contributed by atoms with Crippen LogP contribution in [0.3, 0.4) is 0 Å². The Morgan fingerprint density at radius 2 is 1.71 bits per heavy atom. The highest BCUT2D eigenvalue weighted by atomic mass is 16.1. The molecular weight excluding hydrogens is 300 g/mol. The fraction of sp³-hybridized carbons (Fsp3) is 0.789. The van der Waals surface area contributed by atoms with E-state index in [2.05, 4.69) is 22.4 Å². The average molecular weight is 330 g/mol. The van der Waals surface area contributed by atoms with Crippen molar-refractivity contribution in [3.05, 3.63) is 28.7 Å². The largest absolute Gasteiger partial charge is 0.311 e. The second-order valence-electron chi connectivity index (χ2n) is 8.05. The van der Waals surface area contributed by atoms with Crippen LogP contribution in [0, 0.1) is 0 Å². The molecule has 1 aromatic heterocycles. The molecule has 0 spiro atoms. The summed E-state index contributed by atoms with van der Waals surface area (Å²) in [6.45, 7) is 0. The van der Waals surface area contributed by atoms with Crippen molar-refractivity contribution < 1.29 is 0 Å². The molecule has 2 bridgehead atoms. The van der Waals surface area contributed by atoms with Crippen LogP contribution in [-0.4, -0.2) is 45.9 Å². The van der Waals surface area contributed by atoms with Gasteiger partial charge in [0, 0.05) is 36.4 Å². The Labute approximate surface area is 144 Å². The van der Waals surface area contributed by atoms with Crippen LogP contribution in [0.25, 0.3) is 0 Å². The summed E-state index contributed by atoms with van der Waals surface area (Å²) in [4.78, 5) is 14.6. The third-order valence-corrected chi connectivity index (χ3v) is 6.60. The summed E-state index contributed by atoms with van der Waals surface area (Å²) >= 11 is 0. The zero-order valence-electron chi connectivity index (χ0n) is 14.7. The van der Waals surface area contributed by atoms with Gasteiger partial charge in [0.25, 0.3) is 5.56 Å². The molecule has 1 aromatic rings. The van der Waals surface area contributed by atoms with E-state index < -0.39 is 0 Å². The molecule has 2 aliphatic heterocycles. The van der Waals surface area contributed by atoms with E-state index in [0.717, 1.165) is 37.8 Å². The van der Waals surface area contributed by atoms with E-state index in [-0.39, 0.29) is 11.6 Å². The fourth-order valence-corrected chi connectivity index (χ4v) is 5.22. The molecule has 0 aromatic carbocycles. The molecule has 5 nitrogen and oxygen atoms in total. The van der Waals surface area contributed by atoms with Crippen LogP contribution < -0.4 is 10.9 Å². The lowest BCUT2D eigenvalue weighted by Gasteiger charge is -2.48. The molecule has 3 heterocycles. The Morgan fingerprint density at radius 1 is 1.00 bits per heavy atom. The molecule has 3 fully saturated rings. The van der Waals surface area contributed by atoms with Crippen molar-refractivity contribution in [2.45, 2.75) is 88.0 Å². The first kappa shape index (κ1) is 16.3. The van der Waals surface area contributed by atoms with Gasteiger partial charge >= 0.3 is 0 Å². The zero-order valence-corrected chi connectivity index (χ0v) is 14.7. The lowest BCUT2D eigenvalue weighted by atomic mass is 9.81. The van der Waals surface area contributed by atoms with Crippen LogP contribution in [0.2, 0.25) is 0 Å². The first-order valence-corrected chi connectivity index (χ1v) is 9.72. The van der Waals surface area contributed by atoms with Gasteiger partial charge in [-0.2, -0.15) is 5.10 Å². The third kappa shape index (κ3) is 3.29. The van der Waals surface area contributed by atoms with Gasteiger partial charge in [0.1, 0.15) is 0 Å². The van der Waals surface area contributed by atoms with Crippen LogP contribution in [0.4, 0.5) is 0 Å². The maximum atomic E-state index is 11.9. The second kappa shape index (κ2) is 6.96. The Bertz CT molecular complexity index is 593. The number of aromatic nitrogens is 2. The summed E-state index contributed by atoms with van der Waals surface area (Å²) in [7, 11) is 2.32. The van der Waals surface area contributed by atoms with Crippen LogP contribution >= 0.6 is 0 Å². The van der Waals surface area contributed by atoms with Gasteiger partial charge in [0.15, 0.2) is 0 Å². The molecule has 2 atom stereocenters. The Kier molecular flexibility index (Phi) is 4.72. The molecule has 5 heteroatoms. The summed E-state index contributed by atoms with van der Waals surface area (Å²) in [5.41, 5.74) is 0.0389. The van der Waals surface area contributed by atoms with E-state index in [9.17, 15) is 4.79 Å². The lowest BCUT2D eigenvalue weighted by Crippen LogP contribution is -2.56. The van der Waals surface area contributed by atoms with Gasteiger partial charge in [-0.25, -0.2) is 4.68 Å². The molecule has 2 saturated heterocycles.